The highest BCUT2D eigenvalue weighted by atomic mass is 15.3. The minimum atomic E-state index is 0.514. The summed E-state index contributed by atoms with van der Waals surface area (Å²) < 4.78 is 2.12. The molecule has 0 amide bonds. The van der Waals surface area contributed by atoms with Crippen LogP contribution in [0.3, 0.4) is 0 Å². The fourth-order valence-electron chi connectivity index (χ4n) is 3.15. The van der Waals surface area contributed by atoms with Crippen LogP contribution in [0.15, 0.2) is 30.5 Å². The number of anilines is 2. The topological polar surface area (TPSA) is 47.1 Å². The van der Waals surface area contributed by atoms with Crippen molar-refractivity contribution in [2.75, 3.05) is 17.2 Å². The van der Waals surface area contributed by atoms with Gasteiger partial charge in [0.25, 0.3) is 0 Å². The molecule has 1 aliphatic heterocycles. The van der Waals surface area contributed by atoms with Crippen molar-refractivity contribution in [1.82, 2.24) is 9.78 Å². The molecule has 3 rings (SSSR count). The summed E-state index contributed by atoms with van der Waals surface area (Å²) in [4.78, 5) is 2.38. The van der Waals surface area contributed by atoms with Crippen LogP contribution in [-0.2, 0) is 13.0 Å². The summed E-state index contributed by atoms with van der Waals surface area (Å²) in [7, 11) is 0. The predicted molar refractivity (Wildman–Crippen MR) is 87.5 cm³/mol. The van der Waals surface area contributed by atoms with E-state index in [-0.39, 0.29) is 0 Å². The van der Waals surface area contributed by atoms with Gasteiger partial charge >= 0.3 is 0 Å². The summed E-state index contributed by atoms with van der Waals surface area (Å²) in [5.41, 5.74) is 10.6. The van der Waals surface area contributed by atoms with Crippen molar-refractivity contribution in [3.63, 3.8) is 0 Å². The quantitative estimate of drug-likeness (QED) is 0.856. The summed E-state index contributed by atoms with van der Waals surface area (Å²) in [6.45, 7) is 6.35. The van der Waals surface area contributed by atoms with Crippen LogP contribution in [-0.4, -0.2) is 16.3 Å². The summed E-state index contributed by atoms with van der Waals surface area (Å²) in [6.07, 6.45) is 5.47. The Kier molecular flexibility index (Phi) is 3.86. The number of nitrogen functional groups attached to an aromatic ring is 1. The van der Waals surface area contributed by atoms with Gasteiger partial charge in [0.1, 0.15) is 0 Å². The molecule has 0 spiro atoms. The SMILES string of the molecule is CCC(CC)n1ccc(CN2CCc3ccc(N)cc32)n1. The zero-order valence-electron chi connectivity index (χ0n) is 12.9. The molecule has 4 heteroatoms. The summed E-state index contributed by atoms with van der Waals surface area (Å²) in [5, 5.41) is 4.75. The molecule has 4 nitrogen and oxygen atoms in total. The molecule has 1 aromatic heterocycles. The van der Waals surface area contributed by atoms with E-state index < -0.39 is 0 Å². The Hall–Kier alpha value is -1.97. The van der Waals surface area contributed by atoms with E-state index in [1.54, 1.807) is 0 Å². The van der Waals surface area contributed by atoms with Crippen molar-refractivity contribution in [2.24, 2.45) is 0 Å². The fraction of sp³-hybridized carbons (Fsp3) is 0.471. The van der Waals surface area contributed by atoms with Gasteiger partial charge in [-0.2, -0.15) is 5.10 Å². The van der Waals surface area contributed by atoms with E-state index in [0.29, 0.717) is 6.04 Å². The number of hydrogen-bond acceptors (Lipinski definition) is 3. The first kappa shape index (κ1) is 14.0. The van der Waals surface area contributed by atoms with Crippen LogP contribution in [0.1, 0.15) is 44.0 Å². The van der Waals surface area contributed by atoms with Gasteiger partial charge in [-0.05, 0) is 43.0 Å². The second-order valence-electron chi connectivity index (χ2n) is 5.82. The van der Waals surface area contributed by atoms with Gasteiger partial charge in [0.05, 0.1) is 18.3 Å². The van der Waals surface area contributed by atoms with Crippen LogP contribution in [0, 0.1) is 0 Å². The van der Waals surface area contributed by atoms with E-state index >= 15 is 0 Å². The third kappa shape index (κ3) is 2.75. The highest BCUT2D eigenvalue weighted by molar-refractivity contribution is 5.64. The number of hydrogen-bond donors (Lipinski definition) is 1. The van der Waals surface area contributed by atoms with Gasteiger partial charge < -0.3 is 10.6 Å². The molecule has 0 unspecified atom stereocenters. The van der Waals surface area contributed by atoms with Gasteiger partial charge in [-0.25, -0.2) is 0 Å². The molecule has 2 heterocycles. The lowest BCUT2D eigenvalue weighted by molar-refractivity contribution is 0.425. The maximum atomic E-state index is 5.92. The molecule has 1 aliphatic rings. The van der Waals surface area contributed by atoms with E-state index in [1.807, 2.05) is 6.07 Å². The molecule has 112 valence electrons. The number of fused-ring (bicyclic) bond motifs is 1. The number of nitrogens with zero attached hydrogens (tertiary/aromatic N) is 3. The lowest BCUT2D eigenvalue weighted by Crippen LogP contribution is -2.20. The first-order valence-corrected chi connectivity index (χ1v) is 7.88. The van der Waals surface area contributed by atoms with Crippen LogP contribution >= 0.6 is 0 Å². The Morgan fingerprint density at radius 1 is 1.24 bits per heavy atom. The second kappa shape index (κ2) is 5.80. The van der Waals surface area contributed by atoms with E-state index in [2.05, 4.69) is 47.8 Å². The smallest absolute Gasteiger partial charge is 0.0817 e. The van der Waals surface area contributed by atoms with E-state index in [1.165, 1.54) is 11.3 Å². The van der Waals surface area contributed by atoms with E-state index in [9.17, 15) is 0 Å². The summed E-state index contributed by atoms with van der Waals surface area (Å²) in [6, 6.07) is 8.88. The molecule has 21 heavy (non-hydrogen) atoms. The van der Waals surface area contributed by atoms with Crippen LogP contribution in [0.25, 0.3) is 0 Å². The average molecular weight is 284 g/mol. The van der Waals surface area contributed by atoms with Gasteiger partial charge in [-0.3, -0.25) is 4.68 Å². The zero-order valence-corrected chi connectivity index (χ0v) is 12.9. The Morgan fingerprint density at radius 3 is 2.81 bits per heavy atom. The Morgan fingerprint density at radius 2 is 2.05 bits per heavy atom. The molecule has 0 bridgehead atoms. The molecule has 0 aliphatic carbocycles. The van der Waals surface area contributed by atoms with Gasteiger partial charge in [-0.1, -0.05) is 19.9 Å². The third-order valence-corrected chi connectivity index (χ3v) is 4.43. The molecule has 2 aromatic rings. The highest BCUT2D eigenvalue weighted by Gasteiger charge is 2.20. The monoisotopic (exact) mass is 284 g/mol. The average Bonchev–Trinajstić information content (AvgIpc) is 3.09. The molecule has 0 atom stereocenters. The van der Waals surface area contributed by atoms with E-state index in [0.717, 1.165) is 43.7 Å². The van der Waals surface area contributed by atoms with Crippen molar-refractivity contribution in [3.05, 3.63) is 41.7 Å². The van der Waals surface area contributed by atoms with Crippen molar-refractivity contribution >= 4 is 11.4 Å². The van der Waals surface area contributed by atoms with Crippen molar-refractivity contribution in [1.29, 1.82) is 0 Å². The molecule has 0 saturated carbocycles. The summed E-state index contributed by atoms with van der Waals surface area (Å²) >= 11 is 0. The maximum Gasteiger partial charge on any atom is 0.0817 e. The zero-order chi connectivity index (χ0) is 14.8. The standard InChI is InChI=1S/C17H24N4/c1-3-16(4-2)21-10-8-15(19-21)12-20-9-7-13-5-6-14(18)11-17(13)20/h5-6,8,10-11,16H,3-4,7,9,12,18H2,1-2H3. The molecule has 1 aromatic carbocycles. The maximum absolute atomic E-state index is 5.92. The molecule has 0 radical (unpaired) electrons. The molecule has 0 saturated heterocycles. The van der Waals surface area contributed by atoms with Crippen LogP contribution in [0.2, 0.25) is 0 Å². The lowest BCUT2D eigenvalue weighted by atomic mass is 10.1. The van der Waals surface area contributed by atoms with Crippen LogP contribution in [0.4, 0.5) is 11.4 Å². The first-order chi connectivity index (χ1) is 10.2. The minimum Gasteiger partial charge on any atom is -0.399 e. The molecular weight excluding hydrogens is 260 g/mol. The van der Waals surface area contributed by atoms with Gasteiger partial charge in [0.15, 0.2) is 0 Å². The van der Waals surface area contributed by atoms with Crippen LogP contribution in [0.5, 0.6) is 0 Å². The number of benzene rings is 1. The normalized spacial score (nSPS) is 14.0. The molecular formula is C17H24N4. The largest absolute Gasteiger partial charge is 0.399 e. The first-order valence-electron chi connectivity index (χ1n) is 7.88. The highest BCUT2D eigenvalue weighted by Crippen LogP contribution is 2.31. The number of nitrogens with two attached hydrogens (primary N) is 1. The number of aromatic nitrogens is 2. The summed E-state index contributed by atoms with van der Waals surface area (Å²) in [5.74, 6) is 0. The Balaban J connectivity index is 1.76. The van der Waals surface area contributed by atoms with Gasteiger partial charge in [0.2, 0.25) is 0 Å². The van der Waals surface area contributed by atoms with Gasteiger partial charge in [-0.15, -0.1) is 0 Å². The lowest BCUT2D eigenvalue weighted by Gasteiger charge is -2.18. The van der Waals surface area contributed by atoms with Crippen molar-refractivity contribution < 1.29 is 0 Å². The Bertz CT molecular complexity index is 613. The Labute approximate surface area is 126 Å². The van der Waals surface area contributed by atoms with Crippen LogP contribution < -0.4 is 10.6 Å². The van der Waals surface area contributed by atoms with Crippen molar-refractivity contribution in [3.8, 4) is 0 Å². The van der Waals surface area contributed by atoms with Crippen molar-refractivity contribution in [2.45, 2.75) is 45.7 Å². The molecule has 2 N–H and O–H groups in total. The predicted octanol–water partition coefficient (Wildman–Crippen LogP) is 3.39. The van der Waals surface area contributed by atoms with Gasteiger partial charge in [0, 0.05) is 24.1 Å². The number of rotatable bonds is 5. The third-order valence-electron chi connectivity index (χ3n) is 4.43. The second-order valence-corrected chi connectivity index (χ2v) is 5.82. The molecule has 0 fully saturated rings. The fourth-order valence-corrected chi connectivity index (χ4v) is 3.15. The van der Waals surface area contributed by atoms with E-state index in [4.69, 9.17) is 10.8 Å². The minimum absolute atomic E-state index is 0.514.